The van der Waals surface area contributed by atoms with Gasteiger partial charge >= 0.3 is 0 Å². The lowest BCUT2D eigenvalue weighted by Crippen LogP contribution is -2.28. The number of amidine groups is 1. The van der Waals surface area contributed by atoms with Gasteiger partial charge in [0.25, 0.3) is 0 Å². The summed E-state index contributed by atoms with van der Waals surface area (Å²) in [5.74, 6) is -0.427. The van der Waals surface area contributed by atoms with Gasteiger partial charge in [-0.3, -0.25) is 14.6 Å². The minimum Gasteiger partial charge on any atom is -0.326 e. The first-order valence-corrected chi connectivity index (χ1v) is 7.52. The number of benzene rings is 1. The molecule has 1 aromatic rings. The van der Waals surface area contributed by atoms with Crippen molar-refractivity contribution in [2.45, 2.75) is 11.7 Å². The van der Waals surface area contributed by atoms with Crippen LogP contribution in [-0.2, 0) is 9.59 Å². The van der Waals surface area contributed by atoms with Gasteiger partial charge in [-0.15, -0.1) is 6.58 Å². The van der Waals surface area contributed by atoms with Crippen molar-refractivity contribution < 1.29 is 9.59 Å². The minimum absolute atomic E-state index is 0.0895. The van der Waals surface area contributed by atoms with Crippen molar-refractivity contribution in [2.24, 2.45) is 4.99 Å². The molecule has 2 rings (SSSR count). The predicted octanol–water partition coefficient (Wildman–Crippen LogP) is 2.44. The van der Waals surface area contributed by atoms with E-state index < -0.39 is 5.25 Å². The molecule has 2 amide bonds. The number of nitrogens with one attached hydrogen (secondary N) is 2. The van der Waals surface area contributed by atoms with Crippen LogP contribution in [0, 0.1) is 0 Å². The highest BCUT2D eigenvalue weighted by Gasteiger charge is 2.31. The van der Waals surface area contributed by atoms with Crippen LogP contribution < -0.4 is 10.6 Å². The van der Waals surface area contributed by atoms with Crippen LogP contribution >= 0.6 is 23.4 Å². The number of thioether (sulfide) groups is 1. The molecule has 110 valence electrons. The predicted molar refractivity (Wildman–Crippen MR) is 86.7 cm³/mol. The largest absolute Gasteiger partial charge is 0.326 e. The van der Waals surface area contributed by atoms with Gasteiger partial charge in [-0.25, -0.2) is 0 Å². The van der Waals surface area contributed by atoms with Gasteiger partial charge < -0.3 is 10.6 Å². The molecule has 7 heteroatoms. The molecule has 0 aromatic heterocycles. The first kappa shape index (κ1) is 15.6. The van der Waals surface area contributed by atoms with Crippen molar-refractivity contribution in [3.05, 3.63) is 41.9 Å². The molecule has 0 radical (unpaired) electrons. The summed E-state index contributed by atoms with van der Waals surface area (Å²) < 4.78 is 0. The van der Waals surface area contributed by atoms with Gasteiger partial charge in [0, 0.05) is 17.1 Å². The molecule has 1 unspecified atom stereocenters. The fourth-order valence-corrected chi connectivity index (χ4v) is 2.78. The van der Waals surface area contributed by atoms with E-state index >= 15 is 0 Å². The third kappa shape index (κ3) is 4.61. The van der Waals surface area contributed by atoms with E-state index in [1.807, 2.05) is 0 Å². The standard InChI is InChI=1S/C14H14ClN3O2S/c1-2-7-16-14-18-13(20)11(21-14)8-12(19)17-10-5-3-9(15)4-6-10/h2-6,11H,1,7-8H2,(H,17,19)(H,16,18,20). The molecule has 1 fully saturated rings. The van der Waals surface area contributed by atoms with Gasteiger partial charge in [-0.2, -0.15) is 0 Å². The molecule has 1 atom stereocenters. The molecule has 21 heavy (non-hydrogen) atoms. The van der Waals surface area contributed by atoms with Crippen LogP contribution in [0.4, 0.5) is 5.69 Å². The van der Waals surface area contributed by atoms with E-state index in [1.165, 1.54) is 11.8 Å². The number of hydrogen-bond donors (Lipinski definition) is 2. The Kier molecular flexibility index (Phi) is 5.41. The summed E-state index contributed by atoms with van der Waals surface area (Å²) in [6.07, 6.45) is 1.73. The smallest absolute Gasteiger partial charge is 0.240 e. The number of rotatable bonds is 5. The van der Waals surface area contributed by atoms with E-state index in [4.69, 9.17) is 11.6 Å². The summed E-state index contributed by atoms with van der Waals surface area (Å²) >= 11 is 7.03. The number of carbonyl (C=O) groups is 2. The maximum atomic E-state index is 11.9. The highest BCUT2D eigenvalue weighted by atomic mass is 35.5. The zero-order valence-electron chi connectivity index (χ0n) is 11.1. The van der Waals surface area contributed by atoms with Crippen molar-refractivity contribution >= 4 is 46.0 Å². The highest BCUT2D eigenvalue weighted by Crippen LogP contribution is 2.23. The van der Waals surface area contributed by atoms with Gasteiger partial charge in [-0.05, 0) is 24.3 Å². The van der Waals surface area contributed by atoms with Crippen molar-refractivity contribution in [3.63, 3.8) is 0 Å². The Labute approximate surface area is 131 Å². The second-order valence-electron chi connectivity index (χ2n) is 4.29. The SMILES string of the molecule is C=CCN=C1NC(=O)C(CC(=O)Nc2ccc(Cl)cc2)S1. The maximum Gasteiger partial charge on any atom is 0.240 e. The Bertz CT molecular complexity index is 586. The van der Waals surface area contributed by atoms with Crippen molar-refractivity contribution in [3.8, 4) is 0 Å². The van der Waals surface area contributed by atoms with Gasteiger partial charge in [0.2, 0.25) is 11.8 Å². The number of amides is 2. The topological polar surface area (TPSA) is 70.6 Å². The van der Waals surface area contributed by atoms with Gasteiger partial charge in [-0.1, -0.05) is 29.4 Å². The second-order valence-corrected chi connectivity index (χ2v) is 5.92. The summed E-state index contributed by atoms with van der Waals surface area (Å²) in [6, 6.07) is 6.79. The Balaban J connectivity index is 1.89. The Hall–Kier alpha value is -1.79. The zero-order chi connectivity index (χ0) is 15.2. The Morgan fingerprint density at radius 2 is 2.19 bits per heavy atom. The van der Waals surface area contributed by atoms with Crippen molar-refractivity contribution in [1.82, 2.24) is 5.32 Å². The molecule has 1 saturated heterocycles. The summed E-state index contributed by atoms with van der Waals surface area (Å²) in [7, 11) is 0. The van der Waals surface area contributed by atoms with E-state index in [0.29, 0.717) is 22.4 Å². The molecule has 0 aliphatic carbocycles. The third-order valence-electron chi connectivity index (χ3n) is 2.64. The van der Waals surface area contributed by atoms with E-state index in [9.17, 15) is 9.59 Å². The van der Waals surface area contributed by atoms with Crippen LogP contribution in [0.15, 0.2) is 41.9 Å². The molecule has 1 aliphatic rings. The van der Waals surface area contributed by atoms with Crippen molar-refractivity contribution in [1.29, 1.82) is 0 Å². The summed E-state index contributed by atoms with van der Waals surface area (Å²) in [5.41, 5.74) is 0.647. The molecule has 0 bridgehead atoms. The molecule has 0 spiro atoms. The average molecular weight is 324 g/mol. The lowest BCUT2D eigenvalue weighted by atomic mass is 10.2. The lowest BCUT2D eigenvalue weighted by Gasteiger charge is -2.07. The number of halogens is 1. The second kappa shape index (κ2) is 7.28. The quantitative estimate of drug-likeness (QED) is 0.818. The van der Waals surface area contributed by atoms with E-state index in [2.05, 4.69) is 22.2 Å². The first-order chi connectivity index (χ1) is 10.1. The number of anilines is 1. The molecular weight excluding hydrogens is 310 g/mol. The van der Waals surface area contributed by atoms with Gasteiger partial charge in [0.1, 0.15) is 5.25 Å². The van der Waals surface area contributed by atoms with Gasteiger partial charge in [0.05, 0.1) is 6.54 Å². The van der Waals surface area contributed by atoms with E-state index in [1.54, 1.807) is 30.3 Å². The minimum atomic E-state index is -0.458. The van der Waals surface area contributed by atoms with Crippen LogP contribution in [0.5, 0.6) is 0 Å². The Morgan fingerprint density at radius 3 is 2.86 bits per heavy atom. The molecule has 1 heterocycles. The number of nitrogens with zero attached hydrogens (tertiary/aromatic N) is 1. The Morgan fingerprint density at radius 1 is 1.48 bits per heavy atom. The van der Waals surface area contributed by atoms with Gasteiger partial charge in [0.15, 0.2) is 5.17 Å². The molecule has 1 aromatic carbocycles. The lowest BCUT2D eigenvalue weighted by molar-refractivity contribution is -0.122. The molecule has 0 saturated carbocycles. The number of hydrogen-bond acceptors (Lipinski definition) is 4. The van der Waals surface area contributed by atoms with E-state index in [-0.39, 0.29) is 18.2 Å². The first-order valence-electron chi connectivity index (χ1n) is 6.27. The molecular formula is C14H14ClN3O2S. The monoisotopic (exact) mass is 323 g/mol. The summed E-state index contributed by atoms with van der Waals surface area (Å²) in [5, 5.41) is 6.04. The molecule has 1 aliphatic heterocycles. The number of carbonyl (C=O) groups excluding carboxylic acids is 2. The van der Waals surface area contributed by atoms with Crippen LogP contribution in [0.3, 0.4) is 0 Å². The van der Waals surface area contributed by atoms with Crippen LogP contribution in [0.2, 0.25) is 5.02 Å². The molecule has 2 N–H and O–H groups in total. The highest BCUT2D eigenvalue weighted by molar-refractivity contribution is 8.15. The van der Waals surface area contributed by atoms with Crippen molar-refractivity contribution in [2.75, 3.05) is 11.9 Å². The third-order valence-corrected chi connectivity index (χ3v) is 4.01. The summed E-state index contributed by atoms with van der Waals surface area (Å²) in [4.78, 5) is 27.8. The fraction of sp³-hybridized carbons (Fsp3) is 0.214. The van der Waals surface area contributed by atoms with E-state index in [0.717, 1.165) is 0 Å². The number of aliphatic imine (C=N–C) groups is 1. The normalized spacial score (nSPS) is 19.4. The molecule has 5 nitrogen and oxygen atoms in total. The van der Waals surface area contributed by atoms with Crippen LogP contribution in [0.25, 0.3) is 0 Å². The van der Waals surface area contributed by atoms with Crippen LogP contribution in [0.1, 0.15) is 6.42 Å². The zero-order valence-corrected chi connectivity index (χ0v) is 12.7. The average Bonchev–Trinajstić information content (AvgIpc) is 2.79. The fourth-order valence-electron chi connectivity index (χ4n) is 1.68. The maximum absolute atomic E-state index is 11.9. The summed E-state index contributed by atoms with van der Waals surface area (Å²) in [6.45, 7) is 4.00. The van der Waals surface area contributed by atoms with Crippen LogP contribution in [-0.4, -0.2) is 28.8 Å².